The van der Waals surface area contributed by atoms with Crippen molar-refractivity contribution in [1.82, 2.24) is 4.31 Å². The minimum absolute atomic E-state index is 0.285. The number of hydrogen-bond donors (Lipinski definition) is 1. The molecule has 0 aromatic heterocycles. The average molecular weight is 498 g/mol. The predicted molar refractivity (Wildman–Crippen MR) is 120 cm³/mol. The standard InChI is InChI=1S/C22H28BrNO5S/c1-4-14-24(30(27,28)20-9-5-8-18(23)16-20)15-6-7-17-10-12-19(13-11-17)29-22(2,3)21(25)26/h5,8-13,16H,4,6-7,14-15H2,1-3H3,(H,25,26). The van der Waals surface area contributed by atoms with Gasteiger partial charge in [0.15, 0.2) is 5.60 Å². The largest absolute Gasteiger partial charge is 0.478 e. The summed E-state index contributed by atoms with van der Waals surface area (Å²) in [5.41, 5.74) is -0.269. The number of benzene rings is 2. The highest BCUT2D eigenvalue weighted by molar-refractivity contribution is 9.10. The summed E-state index contributed by atoms with van der Waals surface area (Å²) in [6.45, 7) is 5.84. The summed E-state index contributed by atoms with van der Waals surface area (Å²) in [5, 5.41) is 9.15. The maximum Gasteiger partial charge on any atom is 0.347 e. The molecule has 2 aromatic carbocycles. The van der Waals surface area contributed by atoms with E-state index in [9.17, 15) is 13.2 Å². The maximum atomic E-state index is 13.0. The van der Waals surface area contributed by atoms with Crippen molar-refractivity contribution in [3.05, 3.63) is 58.6 Å². The number of hydrogen-bond acceptors (Lipinski definition) is 4. The second kappa shape index (κ2) is 10.4. The number of halogens is 1. The van der Waals surface area contributed by atoms with Gasteiger partial charge in [-0.15, -0.1) is 0 Å². The molecule has 0 unspecified atom stereocenters. The summed E-state index contributed by atoms with van der Waals surface area (Å²) >= 11 is 3.33. The summed E-state index contributed by atoms with van der Waals surface area (Å²) < 4.78 is 33.7. The highest BCUT2D eigenvalue weighted by atomic mass is 79.9. The molecule has 2 aromatic rings. The second-order valence-corrected chi connectivity index (χ2v) is 10.4. The van der Waals surface area contributed by atoms with E-state index in [1.807, 2.05) is 19.1 Å². The van der Waals surface area contributed by atoms with Gasteiger partial charge in [-0.2, -0.15) is 4.31 Å². The van der Waals surface area contributed by atoms with Crippen LogP contribution < -0.4 is 4.74 Å². The zero-order chi connectivity index (χ0) is 22.4. The highest BCUT2D eigenvalue weighted by Gasteiger charge is 2.29. The average Bonchev–Trinajstić information content (AvgIpc) is 2.68. The van der Waals surface area contributed by atoms with E-state index >= 15 is 0 Å². The molecule has 0 spiro atoms. The van der Waals surface area contributed by atoms with E-state index in [2.05, 4.69) is 15.9 Å². The monoisotopic (exact) mass is 497 g/mol. The van der Waals surface area contributed by atoms with Gasteiger partial charge in [0.25, 0.3) is 0 Å². The number of carboxylic acids is 1. The minimum Gasteiger partial charge on any atom is -0.478 e. The fourth-order valence-corrected chi connectivity index (χ4v) is 5.07. The van der Waals surface area contributed by atoms with Crippen molar-refractivity contribution in [2.75, 3.05) is 13.1 Å². The third kappa shape index (κ3) is 6.55. The number of nitrogens with zero attached hydrogens (tertiary/aromatic N) is 1. The molecule has 0 aliphatic rings. The molecule has 1 N–H and O–H groups in total. The van der Waals surface area contributed by atoms with Gasteiger partial charge in [-0.1, -0.05) is 41.1 Å². The van der Waals surface area contributed by atoms with Crippen LogP contribution in [0.5, 0.6) is 5.75 Å². The van der Waals surface area contributed by atoms with Crippen LogP contribution in [-0.2, 0) is 21.2 Å². The molecule has 8 heteroatoms. The summed E-state index contributed by atoms with van der Waals surface area (Å²) in [6.07, 6.45) is 2.11. The van der Waals surface area contributed by atoms with Crippen molar-refractivity contribution in [3.8, 4) is 5.75 Å². The Morgan fingerprint density at radius 2 is 1.80 bits per heavy atom. The van der Waals surface area contributed by atoms with Crippen LogP contribution in [0, 0.1) is 0 Å². The van der Waals surface area contributed by atoms with Crippen molar-refractivity contribution < 1.29 is 23.1 Å². The Hall–Kier alpha value is -1.90. The molecule has 0 atom stereocenters. The van der Waals surface area contributed by atoms with Crippen molar-refractivity contribution in [1.29, 1.82) is 0 Å². The van der Waals surface area contributed by atoms with Crippen LogP contribution in [0.2, 0.25) is 0 Å². The molecule has 0 saturated carbocycles. The molecule has 0 aliphatic heterocycles. The third-order valence-corrected chi connectivity index (χ3v) is 6.98. The molecule has 30 heavy (non-hydrogen) atoms. The Balaban J connectivity index is 2.00. The van der Waals surface area contributed by atoms with Gasteiger partial charge in [-0.25, -0.2) is 13.2 Å². The molecule has 0 heterocycles. The lowest BCUT2D eigenvalue weighted by molar-refractivity contribution is -0.152. The van der Waals surface area contributed by atoms with Crippen LogP contribution in [0.25, 0.3) is 0 Å². The van der Waals surface area contributed by atoms with Crippen LogP contribution in [0.15, 0.2) is 57.9 Å². The smallest absolute Gasteiger partial charge is 0.347 e. The second-order valence-electron chi connectivity index (χ2n) is 7.53. The lowest BCUT2D eigenvalue weighted by atomic mass is 10.1. The summed E-state index contributed by atoms with van der Waals surface area (Å²) in [7, 11) is -3.55. The molecule has 6 nitrogen and oxygen atoms in total. The van der Waals surface area contributed by atoms with Crippen molar-refractivity contribution in [3.63, 3.8) is 0 Å². The van der Waals surface area contributed by atoms with Crippen molar-refractivity contribution in [2.45, 2.75) is 50.5 Å². The van der Waals surface area contributed by atoms with Gasteiger partial charge < -0.3 is 9.84 Å². The Morgan fingerprint density at radius 3 is 2.37 bits per heavy atom. The van der Waals surface area contributed by atoms with Crippen LogP contribution in [0.4, 0.5) is 0 Å². The van der Waals surface area contributed by atoms with E-state index in [0.29, 0.717) is 31.7 Å². The van der Waals surface area contributed by atoms with Crippen LogP contribution in [0.1, 0.15) is 39.2 Å². The predicted octanol–water partition coefficient (Wildman–Crippen LogP) is 4.72. The van der Waals surface area contributed by atoms with Gasteiger partial charge in [-0.05, 0) is 69.0 Å². The van der Waals surface area contributed by atoms with Crippen LogP contribution in [0.3, 0.4) is 0 Å². The molecule has 0 saturated heterocycles. The Labute approximate surface area is 187 Å². The molecule has 0 bridgehead atoms. The first-order chi connectivity index (χ1) is 14.1. The number of rotatable bonds is 11. The zero-order valence-electron chi connectivity index (χ0n) is 17.5. The lowest BCUT2D eigenvalue weighted by Crippen LogP contribution is -2.37. The van der Waals surface area contributed by atoms with E-state index in [0.717, 1.165) is 16.5 Å². The molecule has 0 amide bonds. The summed E-state index contributed by atoms with van der Waals surface area (Å²) in [5.74, 6) is -0.551. The summed E-state index contributed by atoms with van der Waals surface area (Å²) in [6, 6.07) is 14.0. The van der Waals surface area contributed by atoms with E-state index in [1.54, 1.807) is 36.4 Å². The van der Waals surface area contributed by atoms with Crippen LogP contribution in [-0.4, -0.2) is 42.5 Å². The number of aliphatic carboxylic acids is 1. The first-order valence-corrected chi connectivity index (χ1v) is 12.1. The van der Waals surface area contributed by atoms with Crippen molar-refractivity contribution in [2.24, 2.45) is 0 Å². The molecule has 0 radical (unpaired) electrons. The number of aryl methyl sites for hydroxylation is 1. The molecule has 0 fully saturated rings. The molecular formula is C22H28BrNO5S. The van der Waals surface area contributed by atoms with Gasteiger partial charge in [0, 0.05) is 17.6 Å². The zero-order valence-corrected chi connectivity index (χ0v) is 19.9. The van der Waals surface area contributed by atoms with Crippen molar-refractivity contribution >= 4 is 31.9 Å². The van der Waals surface area contributed by atoms with Gasteiger partial charge in [0.2, 0.25) is 10.0 Å². The van der Waals surface area contributed by atoms with Crippen LogP contribution >= 0.6 is 15.9 Å². The Bertz CT molecular complexity index is 958. The first-order valence-electron chi connectivity index (χ1n) is 9.83. The first kappa shape index (κ1) is 24.4. The summed E-state index contributed by atoms with van der Waals surface area (Å²) in [4.78, 5) is 11.5. The molecular weight excluding hydrogens is 470 g/mol. The van der Waals surface area contributed by atoms with E-state index in [-0.39, 0.29) is 4.90 Å². The number of sulfonamides is 1. The molecule has 0 aliphatic carbocycles. The third-order valence-electron chi connectivity index (χ3n) is 4.59. The lowest BCUT2D eigenvalue weighted by Gasteiger charge is -2.22. The normalized spacial score (nSPS) is 12.2. The highest BCUT2D eigenvalue weighted by Crippen LogP contribution is 2.22. The quantitative estimate of drug-likeness (QED) is 0.485. The maximum absolute atomic E-state index is 13.0. The number of carboxylic acid groups (broad SMARTS) is 1. The number of ether oxygens (including phenoxy) is 1. The van der Waals surface area contributed by atoms with Gasteiger partial charge >= 0.3 is 5.97 Å². The van der Waals surface area contributed by atoms with Gasteiger partial charge in [-0.3, -0.25) is 0 Å². The number of carbonyl (C=O) groups is 1. The van der Waals surface area contributed by atoms with E-state index in [4.69, 9.17) is 9.84 Å². The van der Waals surface area contributed by atoms with E-state index < -0.39 is 21.6 Å². The Morgan fingerprint density at radius 1 is 1.13 bits per heavy atom. The van der Waals surface area contributed by atoms with Gasteiger partial charge in [0.1, 0.15) is 5.75 Å². The Kier molecular flexibility index (Phi) is 8.46. The van der Waals surface area contributed by atoms with E-state index in [1.165, 1.54) is 18.2 Å². The topological polar surface area (TPSA) is 83.9 Å². The SMILES string of the molecule is CCCN(CCCc1ccc(OC(C)(C)C(=O)O)cc1)S(=O)(=O)c1cccc(Br)c1. The fraction of sp³-hybridized carbons (Fsp3) is 0.409. The van der Waals surface area contributed by atoms with Gasteiger partial charge in [0.05, 0.1) is 4.90 Å². The minimum atomic E-state index is -3.55. The fourth-order valence-electron chi connectivity index (χ4n) is 2.90. The molecule has 2 rings (SSSR count). The molecule has 164 valence electrons.